The molecule has 31 heavy (non-hydrogen) atoms. The standard InChI is InChI=1S/C20H18ClF2N5O2S/c1-28-16(9-10-24-19(30)12-5-7-13(21)8-6-12)26-27-20(28)31-11-17(29)25-18-14(22)3-2-4-15(18)23/h2-8H,9-11H2,1H3,(H,24,30)(H,25,29). The average Bonchev–Trinajstić information content (AvgIpc) is 3.09. The van der Waals surface area contributed by atoms with Gasteiger partial charge < -0.3 is 15.2 Å². The number of anilines is 1. The molecule has 0 saturated carbocycles. The molecule has 0 radical (unpaired) electrons. The van der Waals surface area contributed by atoms with E-state index in [0.29, 0.717) is 34.5 Å². The maximum Gasteiger partial charge on any atom is 0.251 e. The first-order valence-electron chi connectivity index (χ1n) is 9.14. The first-order valence-corrected chi connectivity index (χ1v) is 10.5. The van der Waals surface area contributed by atoms with Crippen LogP contribution in [-0.4, -0.2) is 38.9 Å². The molecule has 0 aliphatic carbocycles. The van der Waals surface area contributed by atoms with E-state index >= 15 is 0 Å². The van der Waals surface area contributed by atoms with Crippen molar-refractivity contribution in [3.63, 3.8) is 0 Å². The van der Waals surface area contributed by atoms with Gasteiger partial charge in [-0.25, -0.2) is 8.78 Å². The lowest BCUT2D eigenvalue weighted by molar-refractivity contribution is -0.113. The number of rotatable bonds is 8. The van der Waals surface area contributed by atoms with Gasteiger partial charge in [0.25, 0.3) is 5.91 Å². The molecule has 0 aliphatic heterocycles. The summed E-state index contributed by atoms with van der Waals surface area (Å²) >= 11 is 6.89. The Balaban J connectivity index is 1.49. The molecule has 0 spiro atoms. The molecule has 2 amide bonds. The third kappa shape index (κ3) is 6.02. The molecule has 0 aliphatic rings. The van der Waals surface area contributed by atoms with Gasteiger partial charge in [0.2, 0.25) is 5.91 Å². The van der Waals surface area contributed by atoms with Gasteiger partial charge in [0.1, 0.15) is 23.1 Å². The Kier molecular flexibility index (Phi) is 7.59. The van der Waals surface area contributed by atoms with Gasteiger partial charge in [-0.05, 0) is 36.4 Å². The summed E-state index contributed by atoms with van der Waals surface area (Å²) in [5, 5.41) is 14.1. The number of hydrogen-bond donors (Lipinski definition) is 2. The number of para-hydroxylation sites is 1. The Labute approximate surface area is 186 Å². The number of nitrogens with one attached hydrogen (secondary N) is 2. The van der Waals surface area contributed by atoms with E-state index in [1.807, 2.05) is 0 Å². The van der Waals surface area contributed by atoms with E-state index < -0.39 is 23.2 Å². The van der Waals surface area contributed by atoms with Crippen LogP contribution in [0.2, 0.25) is 5.02 Å². The molecular weight excluding hydrogens is 448 g/mol. The third-order valence-corrected chi connectivity index (χ3v) is 5.50. The minimum atomic E-state index is -0.847. The van der Waals surface area contributed by atoms with Crippen LogP contribution in [0.1, 0.15) is 16.2 Å². The predicted octanol–water partition coefficient (Wildman–Crippen LogP) is 3.45. The van der Waals surface area contributed by atoms with Gasteiger partial charge in [-0.2, -0.15) is 0 Å². The van der Waals surface area contributed by atoms with E-state index in [1.165, 1.54) is 6.07 Å². The van der Waals surface area contributed by atoms with Crippen LogP contribution in [0.5, 0.6) is 0 Å². The van der Waals surface area contributed by atoms with E-state index in [4.69, 9.17) is 11.6 Å². The summed E-state index contributed by atoms with van der Waals surface area (Å²) in [6, 6.07) is 9.88. The lowest BCUT2D eigenvalue weighted by Crippen LogP contribution is -2.26. The Bertz CT molecular complexity index is 1070. The molecule has 162 valence electrons. The fourth-order valence-corrected chi connectivity index (χ4v) is 3.46. The zero-order chi connectivity index (χ0) is 22.4. The van der Waals surface area contributed by atoms with Gasteiger partial charge in [-0.1, -0.05) is 29.4 Å². The molecule has 0 saturated heterocycles. The van der Waals surface area contributed by atoms with Crippen molar-refractivity contribution in [2.45, 2.75) is 11.6 Å². The highest BCUT2D eigenvalue weighted by molar-refractivity contribution is 7.99. The van der Waals surface area contributed by atoms with Gasteiger partial charge in [-0.3, -0.25) is 9.59 Å². The Morgan fingerprint density at radius 3 is 2.45 bits per heavy atom. The van der Waals surface area contributed by atoms with Crippen LogP contribution in [0.3, 0.4) is 0 Å². The molecule has 0 atom stereocenters. The lowest BCUT2D eigenvalue weighted by atomic mass is 10.2. The number of thioether (sulfide) groups is 1. The average molecular weight is 466 g/mol. The quantitative estimate of drug-likeness (QED) is 0.497. The summed E-state index contributed by atoms with van der Waals surface area (Å²) in [5.74, 6) is -1.99. The fraction of sp³-hybridized carbons (Fsp3) is 0.200. The Morgan fingerprint density at radius 2 is 1.77 bits per heavy atom. The van der Waals surface area contributed by atoms with Crippen molar-refractivity contribution >= 4 is 40.9 Å². The van der Waals surface area contributed by atoms with Crippen molar-refractivity contribution in [2.24, 2.45) is 7.05 Å². The van der Waals surface area contributed by atoms with Gasteiger partial charge in [0, 0.05) is 30.6 Å². The fourth-order valence-electron chi connectivity index (χ4n) is 2.60. The number of amides is 2. The highest BCUT2D eigenvalue weighted by atomic mass is 35.5. The summed E-state index contributed by atoms with van der Waals surface area (Å²) in [4.78, 5) is 24.1. The molecule has 7 nitrogen and oxygen atoms in total. The summed E-state index contributed by atoms with van der Waals surface area (Å²) in [6.45, 7) is 0.338. The molecule has 2 N–H and O–H groups in total. The molecule has 3 aromatic rings. The van der Waals surface area contributed by atoms with Crippen LogP contribution < -0.4 is 10.6 Å². The van der Waals surface area contributed by atoms with Crippen molar-refractivity contribution in [1.29, 1.82) is 0 Å². The van der Waals surface area contributed by atoms with Crippen LogP contribution in [0.4, 0.5) is 14.5 Å². The monoisotopic (exact) mass is 465 g/mol. The SMILES string of the molecule is Cn1c(CCNC(=O)c2ccc(Cl)cc2)nnc1SCC(=O)Nc1c(F)cccc1F. The van der Waals surface area contributed by atoms with Gasteiger partial charge in [0.15, 0.2) is 5.16 Å². The Hall–Kier alpha value is -2.98. The third-order valence-electron chi connectivity index (χ3n) is 4.23. The van der Waals surface area contributed by atoms with Gasteiger partial charge >= 0.3 is 0 Å². The summed E-state index contributed by atoms with van der Waals surface area (Å²) in [6.07, 6.45) is 0.427. The Morgan fingerprint density at radius 1 is 1.10 bits per heavy atom. The van der Waals surface area contributed by atoms with Crippen molar-refractivity contribution in [1.82, 2.24) is 20.1 Å². The molecule has 0 fully saturated rings. The summed E-state index contributed by atoms with van der Waals surface area (Å²) in [5.41, 5.74) is 0.0131. The smallest absolute Gasteiger partial charge is 0.251 e. The van der Waals surface area contributed by atoms with Crippen LogP contribution in [0.25, 0.3) is 0 Å². The second kappa shape index (κ2) is 10.4. The predicted molar refractivity (Wildman–Crippen MR) is 114 cm³/mol. The molecule has 0 bridgehead atoms. The summed E-state index contributed by atoms with van der Waals surface area (Å²) in [7, 11) is 1.73. The number of benzene rings is 2. The van der Waals surface area contributed by atoms with E-state index in [2.05, 4.69) is 20.8 Å². The molecular formula is C20H18ClF2N5O2S. The summed E-state index contributed by atoms with van der Waals surface area (Å²) < 4.78 is 28.9. The van der Waals surface area contributed by atoms with Crippen molar-refractivity contribution < 1.29 is 18.4 Å². The second-order valence-electron chi connectivity index (χ2n) is 6.40. The molecule has 1 aromatic heterocycles. The van der Waals surface area contributed by atoms with Crippen LogP contribution in [0, 0.1) is 11.6 Å². The zero-order valence-electron chi connectivity index (χ0n) is 16.4. The molecule has 11 heteroatoms. The topological polar surface area (TPSA) is 88.9 Å². The van der Waals surface area contributed by atoms with E-state index in [9.17, 15) is 18.4 Å². The molecule has 3 rings (SSSR count). The van der Waals surface area contributed by atoms with Crippen molar-refractivity contribution in [2.75, 3.05) is 17.6 Å². The van der Waals surface area contributed by atoms with E-state index in [1.54, 1.807) is 35.9 Å². The maximum atomic E-state index is 13.6. The lowest BCUT2D eigenvalue weighted by Gasteiger charge is -2.08. The number of carbonyl (C=O) groups is 2. The first kappa shape index (κ1) is 22.7. The largest absolute Gasteiger partial charge is 0.352 e. The molecule has 2 aromatic carbocycles. The minimum absolute atomic E-state index is 0.104. The van der Waals surface area contributed by atoms with E-state index in [-0.39, 0.29) is 11.7 Å². The van der Waals surface area contributed by atoms with Gasteiger partial charge in [0.05, 0.1) is 5.75 Å². The highest BCUT2D eigenvalue weighted by Crippen LogP contribution is 2.20. The van der Waals surface area contributed by atoms with E-state index in [0.717, 1.165) is 23.9 Å². The van der Waals surface area contributed by atoms with Crippen LogP contribution >= 0.6 is 23.4 Å². The van der Waals surface area contributed by atoms with Gasteiger partial charge in [-0.15, -0.1) is 10.2 Å². The van der Waals surface area contributed by atoms with Crippen molar-refractivity contribution in [3.8, 4) is 0 Å². The normalized spacial score (nSPS) is 10.7. The molecule has 0 unspecified atom stereocenters. The number of halogens is 3. The second-order valence-corrected chi connectivity index (χ2v) is 7.78. The maximum absolute atomic E-state index is 13.6. The zero-order valence-corrected chi connectivity index (χ0v) is 17.9. The number of nitrogens with zero attached hydrogens (tertiary/aromatic N) is 3. The minimum Gasteiger partial charge on any atom is -0.352 e. The van der Waals surface area contributed by atoms with Crippen LogP contribution in [0.15, 0.2) is 47.6 Å². The number of hydrogen-bond acceptors (Lipinski definition) is 5. The molecule has 1 heterocycles. The van der Waals surface area contributed by atoms with Crippen LogP contribution in [-0.2, 0) is 18.3 Å². The first-order chi connectivity index (χ1) is 14.8. The number of carbonyl (C=O) groups excluding carboxylic acids is 2. The highest BCUT2D eigenvalue weighted by Gasteiger charge is 2.15. The number of aromatic nitrogens is 3. The van der Waals surface area contributed by atoms with Crippen molar-refractivity contribution in [3.05, 3.63) is 70.5 Å².